The summed E-state index contributed by atoms with van der Waals surface area (Å²) in [6.45, 7) is 15.0. The first-order chi connectivity index (χ1) is 21.5. The molecule has 0 radical (unpaired) electrons. The molecule has 0 saturated heterocycles. The molecule has 1 heterocycles. The molecular formula is C33H46F4N3O6P. The van der Waals surface area contributed by atoms with Gasteiger partial charge in [0.2, 0.25) is 0 Å². The van der Waals surface area contributed by atoms with Crippen molar-refractivity contribution in [3.05, 3.63) is 82.5 Å². The van der Waals surface area contributed by atoms with Gasteiger partial charge in [0.1, 0.15) is 19.2 Å². The van der Waals surface area contributed by atoms with Crippen molar-refractivity contribution in [2.24, 2.45) is 0 Å². The van der Waals surface area contributed by atoms with E-state index in [2.05, 4.69) is 0 Å². The Bertz CT molecular complexity index is 1510. The summed E-state index contributed by atoms with van der Waals surface area (Å²) in [5, 5.41) is 7.00. The normalized spacial score (nSPS) is 14.9. The number of fused-ring (bicyclic) bond motifs is 1. The molecule has 0 fully saturated rings. The predicted octanol–water partition coefficient (Wildman–Crippen LogP) is 8.76. The lowest BCUT2D eigenvalue weighted by molar-refractivity contribution is -0.137. The molecule has 2 aromatic carbocycles. The molecule has 9 nitrogen and oxygen atoms in total. The smallest absolute Gasteiger partial charge is 0.400 e. The van der Waals surface area contributed by atoms with Crippen molar-refractivity contribution in [3.63, 3.8) is 0 Å². The number of aliphatic hydroxyl groups excluding tert-OH is 1. The van der Waals surface area contributed by atoms with Gasteiger partial charge in [0.15, 0.2) is 0 Å². The molecule has 47 heavy (non-hydrogen) atoms. The van der Waals surface area contributed by atoms with E-state index in [0.717, 1.165) is 25.3 Å². The zero-order valence-electron chi connectivity index (χ0n) is 28.8. The largest absolute Gasteiger partial charge is 0.477 e. The van der Waals surface area contributed by atoms with Crippen LogP contribution in [-0.4, -0.2) is 59.6 Å². The lowest BCUT2D eigenvalue weighted by Gasteiger charge is -2.40. The van der Waals surface area contributed by atoms with Gasteiger partial charge in [-0.25, -0.2) is 8.96 Å². The number of benzene rings is 2. The molecule has 0 spiro atoms. The van der Waals surface area contributed by atoms with E-state index >= 15 is 0 Å². The molecule has 0 saturated carbocycles. The van der Waals surface area contributed by atoms with E-state index in [1.807, 2.05) is 0 Å². The minimum atomic E-state index is -4.64. The summed E-state index contributed by atoms with van der Waals surface area (Å²) < 4.78 is 86.0. The molecule has 1 aliphatic heterocycles. The predicted molar refractivity (Wildman–Crippen MR) is 174 cm³/mol. The van der Waals surface area contributed by atoms with Gasteiger partial charge in [-0.15, -0.1) is 0 Å². The molecule has 1 amide bonds. The van der Waals surface area contributed by atoms with Crippen LogP contribution in [0.15, 0.2) is 59.9 Å². The van der Waals surface area contributed by atoms with Crippen LogP contribution in [0.4, 0.5) is 28.9 Å². The number of anilines is 2. The number of halogens is 4. The van der Waals surface area contributed by atoms with Crippen LogP contribution in [-0.2, 0) is 24.3 Å². The molecule has 1 N–H and O–H groups in total. The van der Waals surface area contributed by atoms with E-state index in [-0.39, 0.29) is 24.7 Å². The summed E-state index contributed by atoms with van der Waals surface area (Å²) in [6, 6.07) is 6.91. The first-order valence-corrected chi connectivity index (χ1v) is 16.2. The highest BCUT2D eigenvalue weighted by atomic mass is 31.2. The van der Waals surface area contributed by atoms with Crippen LogP contribution in [0.1, 0.15) is 76.9 Å². The number of hydrogen-bond acceptors (Lipinski definition) is 8. The minimum Gasteiger partial charge on any atom is -0.400 e. The molecule has 0 bridgehead atoms. The molecule has 0 aromatic heterocycles. The molecule has 262 valence electrons. The second kappa shape index (κ2) is 15.3. The maximum atomic E-state index is 14.0. The number of carbonyl (C=O) groups excluding carboxylic acids is 1. The number of amides is 1. The summed E-state index contributed by atoms with van der Waals surface area (Å²) >= 11 is 0. The molecule has 14 heteroatoms. The fraction of sp³-hybridized carbons (Fsp3) is 0.485. The molecule has 3 rings (SSSR count). The Morgan fingerprint density at radius 2 is 1.57 bits per heavy atom. The average molecular weight is 688 g/mol. The number of phosphoric ester groups is 1. The SMILES string of the molecule is C/C=C\C(=C(\C)N(C)COP(=O)(OC(C)(C)C)OC(C)(C)C)N1CN(c2ccc(F)cc2C)c2cc(C(F)(F)F)ccc2C1=O.CO. The average Bonchev–Trinajstić information content (AvgIpc) is 2.93. The summed E-state index contributed by atoms with van der Waals surface area (Å²) in [5.74, 6) is -1.03. The van der Waals surface area contributed by atoms with Gasteiger partial charge in [-0.05, 0) is 110 Å². The van der Waals surface area contributed by atoms with Gasteiger partial charge >= 0.3 is 14.0 Å². The number of carbonyl (C=O) groups is 1. The van der Waals surface area contributed by atoms with Gasteiger partial charge in [0.25, 0.3) is 5.91 Å². The van der Waals surface area contributed by atoms with E-state index in [0.29, 0.717) is 22.6 Å². The number of alkyl halides is 3. The number of nitrogens with zero attached hydrogens (tertiary/aromatic N) is 3. The van der Waals surface area contributed by atoms with Gasteiger partial charge < -0.3 is 14.9 Å². The Hall–Kier alpha value is -3.22. The third-order valence-corrected chi connectivity index (χ3v) is 8.54. The van der Waals surface area contributed by atoms with E-state index < -0.39 is 42.5 Å². The molecule has 0 aliphatic carbocycles. The summed E-state index contributed by atoms with van der Waals surface area (Å²) in [5.41, 5.74) is -0.683. The molecule has 2 aromatic rings. The van der Waals surface area contributed by atoms with Crippen LogP contribution < -0.4 is 4.90 Å². The fourth-order valence-corrected chi connectivity index (χ4v) is 6.41. The maximum Gasteiger partial charge on any atom is 0.477 e. The van der Waals surface area contributed by atoms with Crippen LogP contribution >= 0.6 is 7.82 Å². The lowest BCUT2D eigenvalue weighted by Crippen LogP contribution is -2.45. The number of allylic oxidation sites excluding steroid dienone is 3. The lowest BCUT2D eigenvalue weighted by atomic mass is 10.0. The van der Waals surface area contributed by atoms with Crippen LogP contribution in [0.5, 0.6) is 0 Å². The van der Waals surface area contributed by atoms with Gasteiger partial charge in [-0.1, -0.05) is 6.08 Å². The number of rotatable bonds is 9. The number of aliphatic hydroxyl groups is 1. The second-order valence-corrected chi connectivity index (χ2v) is 14.3. The number of aryl methyl sites for hydroxylation is 1. The van der Waals surface area contributed by atoms with Crippen LogP contribution in [0.3, 0.4) is 0 Å². The van der Waals surface area contributed by atoms with Crippen molar-refractivity contribution in [1.29, 1.82) is 0 Å². The van der Waals surface area contributed by atoms with Crippen LogP contribution in [0.2, 0.25) is 0 Å². The monoisotopic (exact) mass is 687 g/mol. The van der Waals surface area contributed by atoms with Crippen molar-refractivity contribution >= 4 is 25.1 Å². The molecule has 0 atom stereocenters. The standard InChI is InChI=1S/C32H42F4N3O5P.CH4O/c1-11-12-27(22(3)37(10)20-42-45(41,43-30(4,5)6)44-31(7,8)9)39-19-38(26-16-14-24(33)17-21(26)2)28-18-23(32(34,35)36)13-15-25(28)29(39)40;1-2/h11-18H,19-20H2,1-10H3;2H,1H3/b12-11-,27-22+;. The second-order valence-electron chi connectivity index (χ2n) is 12.7. The summed E-state index contributed by atoms with van der Waals surface area (Å²) in [4.78, 5) is 18.5. The Kier molecular flexibility index (Phi) is 13.0. The number of phosphoric acid groups is 1. The maximum absolute atomic E-state index is 14.0. The summed E-state index contributed by atoms with van der Waals surface area (Å²) in [6.07, 6.45) is -1.24. The highest BCUT2D eigenvalue weighted by molar-refractivity contribution is 7.48. The van der Waals surface area contributed by atoms with Crippen molar-refractivity contribution < 1.29 is 45.6 Å². The van der Waals surface area contributed by atoms with Gasteiger partial charge in [0.05, 0.1) is 33.7 Å². The first kappa shape index (κ1) is 40.0. The Morgan fingerprint density at radius 1 is 1.00 bits per heavy atom. The van der Waals surface area contributed by atoms with Crippen LogP contribution in [0, 0.1) is 12.7 Å². The van der Waals surface area contributed by atoms with Crippen molar-refractivity contribution in [2.75, 3.05) is 32.5 Å². The molecule has 1 aliphatic rings. The Balaban J connectivity index is 0.00000376. The topological polar surface area (TPSA) is 91.8 Å². The highest BCUT2D eigenvalue weighted by Gasteiger charge is 2.39. The van der Waals surface area contributed by atoms with Gasteiger partial charge in [0, 0.05) is 25.5 Å². The van der Waals surface area contributed by atoms with E-state index in [9.17, 15) is 26.9 Å². The van der Waals surface area contributed by atoms with Crippen molar-refractivity contribution in [1.82, 2.24) is 9.80 Å². The molecular weight excluding hydrogens is 641 g/mol. The van der Waals surface area contributed by atoms with E-state index in [4.69, 9.17) is 18.7 Å². The van der Waals surface area contributed by atoms with E-state index in [1.54, 1.807) is 91.3 Å². The van der Waals surface area contributed by atoms with Gasteiger partial charge in [-0.3, -0.25) is 23.3 Å². The zero-order chi connectivity index (χ0) is 36.1. The minimum absolute atomic E-state index is 0.0355. The van der Waals surface area contributed by atoms with E-state index in [1.165, 1.54) is 23.1 Å². The quantitative estimate of drug-likeness (QED) is 0.121. The third-order valence-electron chi connectivity index (χ3n) is 6.56. The summed E-state index contributed by atoms with van der Waals surface area (Å²) in [7, 11) is -1.40. The zero-order valence-corrected chi connectivity index (χ0v) is 29.7. The fourth-order valence-electron chi connectivity index (χ4n) is 4.61. The molecule has 0 unspecified atom stereocenters. The van der Waals surface area contributed by atoms with Crippen molar-refractivity contribution in [3.8, 4) is 0 Å². The Morgan fingerprint density at radius 3 is 2.06 bits per heavy atom. The first-order valence-electron chi connectivity index (χ1n) is 14.8. The highest BCUT2D eigenvalue weighted by Crippen LogP contribution is 2.55. The van der Waals surface area contributed by atoms with Gasteiger partial charge in [-0.2, -0.15) is 13.2 Å². The third kappa shape index (κ3) is 10.6. The Labute approximate surface area is 275 Å². The number of hydrogen-bond donors (Lipinski definition) is 1. The van der Waals surface area contributed by atoms with Crippen molar-refractivity contribution in [2.45, 2.75) is 79.7 Å². The van der Waals surface area contributed by atoms with Crippen LogP contribution in [0.25, 0.3) is 0 Å².